The number of H-pyrrole nitrogens is 2. The van der Waals surface area contributed by atoms with Crippen LogP contribution in [0.25, 0.3) is 44.3 Å². The molecule has 6 nitrogen and oxygen atoms in total. The van der Waals surface area contributed by atoms with Gasteiger partial charge in [0.1, 0.15) is 5.69 Å². The molecule has 0 amide bonds. The van der Waals surface area contributed by atoms with E-state index in [0.717, 1.165) is 67.8 Å². The summed E-state index contributed by atoms with van der Waals surface area (Å²) in [6.45, 7) is 10.2. The fourth-order valence-electron chi connectivity index (χ4n) is 4.68. The Morgan fingerprint density at radius 2 is 2.03 bits per heavy atom. The van der Waals surface area contributed by atoms with E-state index >= 15 is 0 Å². The third-order valence-corrected chi connectivity index (χ3v) is 6.84. The molecule has 0 bridgehead atoms. The number of aromatic nitrogens is 5. The van der Waals surface area contributed by atoms with Crippen molar-refractivity contribution in [3.05, 3.63) is 103 Å². The van der Waals surface area contributed by atoms with Gasteiger partial charge in [-0.2, -0.15) is 5.10 Å². The van der Waals surface area contributed by atoms with Crippen molar-refractivity contribution in [2.75, 3.05) is 0 Å². The Morgan fingerprint density at radius 3 is 2.78 bits per heavy atom. The molecule has 0 spiro atoms. The molecule has 1 saturated carbocycles. The highest BCUT2D eigenvalue weighted by atomic mass is 15.1. The zero-order valence-electron chi connectivity index (χ0n) is 20.3. The molecule has 4 aromatic rings. The predicted octanol–water partition coefficient (Wildman–Crippen LogP) is 6.83. The topological polar surface area (TPSA) is 82.3 Å². The predicted molar refractivity (Wildman–Crippen MR) is 148 cm³/mol. The van der Waals surface area contributed by atoms with Gasteiger partial charge in [-0.1, -0.05) is 37.5 Å². The molecule has 0 saturated heterocycles. The minimum absolute atomic E-state index is 0.568. The summed E-state index contributed by atoms with van der Waals surface area (Å²) >= 11 is 0. The third kappa shape index (κ3) is 4.01. The van der Waals surface area contributed by atoms with Crippen LogP contribution in [0.15, 0.2) is 91.7 Å². The second-order valence-corrected chi connectivity index (χ2v) is 9.29. The minimum atomic E-state index is 0.568. The summed E-state index contributed by atoms with van der Waals surface area (Å²) in [4.78, 5) is 12.7. The molecule has 0 aromatic carbocycles. The summed E-state index contributed by atoms with van der Waals surface area (Å²) in [5.41, 5.74) is 9.84. The fourth-order valence-corrected chi connectivity index (χ4v) is 4.68. The Morgan fingerprint density at radius 1 is 1.14 bits per heavy atom. The lowest BCUT2D eigenvalue weighted by molar-refractivity contribution is 0.865. The Kier molecular flexibility index (Phi) is 5.49. The van der Waals surface area contributed by atoms with Gasteiger partial charge in [-0.3, -0.25) is 15.1 Å². The van der Waals surface area contributed by atoms with Crippen molar-refractivity contribution >= 4 is 33.0 Å². The highest BCUT2D eigenvalue weighted by Gasteiger charge is 2.24. The van der Waals surface area contributed by atoms with Crippen LogP contribution >= 0.6 is 0 Å². The van der Waals surface area contributed by atoms with Crippen LogP contribution < -0.4 is 5.32 Å². The van der Waals surface area contributed by atoms with E-state index in [-0.39, 0.29) is 0 Å². The first kappa shape index (κ1) is 22.0. The first-order chi connectivity index (χ1) is 17.6. The molecular weight excluding hydrogens is 444 g/mol. The molecule has 0 aliphatic heterocycles. The maximum atomic E-state index is 4.70. The SMILES string of the molecule is C=C/C(=C\C(=C/C)c1cc2c(-c3cc4c(C5=CCC=C5)cncc4[nH]3)n[nH]c2cn1)NC(=C)C1CC1. The number of allylic oxidation sites excluding steroid dienone is 9. The van der Waals surface area contributed by atoms with Gasteiger partial charge in [-0.15, -0.1) is 0 Å². The van der Waals surface area contributed by atoms with Crippen LogP contribution in [0.1, 0.15) is 37.4 Å². The van der Waals surface area contributed by atoms with Gasteiger partial charge in [0.2, 0.25) is 0 Å². The van der Waals surface area contributed by atoms with Crippen molar-refractivity contribution in [2.24, 2.45) is 5.92 Å². The van der Waals surface area contributed by atoms with Gasteiger partial charge >= 0.3 is 0 Å². The quantitative estimate of drug-likeness (QED) is 0.245. The summed E-state index contributed by atoms with van der Waals surface area (Å²) in [6, 6.07) is 4.25. The number of nitrogens with zero attached hydrogens (tertiary/aromatic N) is 3. The van der Waals surface area contributed by atoms with Crippen molar-refractivity contribution in [2.45, 2.75) is 26.2 Å². The summed E-state index contributed by atoms with van der Waals surface area (Å²) in [5.74, 6) is 0.568. The molecule has 0 unspecified atom stereocenters. The zero-order valence-corrected chi connectivity index (χ0v) is 20.3. The Labute approximate surface area is 210 Å². The summed E-state index contributed by atoms with van der Waals surface area (Å²) in [7, 11) is 0. The van der Waals surface area contributed by atoms with Crippen molar-refractivity contribution in [1.82, 2.24) is 30.5 Å². The molecule has 1 fully saturated rings. The van der Waals surface area contributed by atoms with Crippen LogP contribution in [0.4, 0.5) is 0 Å². The molecule has 6 rings (SSSR count). The van der Waals surface area contributed by atoms with Gasteiger partial charge in [0.05, 0.1) is 34.8 Å². The number of nitrogens with one attached hydrogen (secondary N) is 3. The maximum Gasteiger partial charge on any atom is 0.116 e. The minimum Gasteiger partial charge on any atom is -0.359 e. The molecule has 36 heavy (non-hydrogen) atoms. The molecule has 178 valence electrons. The van der Waals surface area contributed by atoms with Crippen LogP contribution in [-0.2, 0) is 0 Å². The molecule has 2 aliphatic carbocycles. The monoisotopic (exact) mass is 472 g/mol. The highest BCUT2D eigenvalue weighted by Crippen LogP contribution is 2.35. The molecule has 2 aliphatic rings. The maximum absolute atomic E-state index is 4.70. The molecule has 0 radical (unpaired) electrons. The van der Waals surface area contributed by atoms with Crippen LogP contribution in [-0.4, -0.2) is 25.1 Å². The standard InChI is InChI=1S/C30H28N6/c1-4-19(12-22(5-2)33-18(3)20-10-11-20)26-14-24-29(17-32-26)35-36-30(24)27-13-23-25(21-8-6-7-9-21)15-31-16-28(23)34-27/h4-6,8-9,12-17,20,33-34H,2-3,7,10-11H2,1H3,(H,35,36)/b19-4+,22-12+. The zero-order chi connectivity index (χ0) is 24.6. The van der Waals surface area contributed by atoms with E-state index < -0.39 is 0 Å². The van der Waals surface area contributed by atoms with Crippen LogP contribution in [0, 0.1) is 5.92 Å². The van der Waals surface area contributed by atoms with Crippen molar-refractivity contribution in [1.29, 1.82) is 0 Å². The second-order valence-electron chi connectivity index (χ2n) is 9.29. The van der Waals surface area contributed by atoms with Crippen molar-refractivity contribution < 1.29 is 0 Å². The van der Waals surface area contributed by atoms with Gasteiger partial charge in [-0.05, 0) is 67.5 Å². The first-order valence-electron chi connectivity index (χ1n) is 12.3. The van der Waals surface area contributed by atoms with Crippen LogP contribution in [0.5, 0.6) is 0 Å². The summed E-state index contributed by atoms with van der Waals surface area (Å²) in [6.07, 6.45) is 21.5. The number of pyridine rings is 2. The van der Waals surface area contributed by atoms with Gasteiger partial charge in [-0.25, -0.2) is 0 Å². The van der Waals surface area contributed by atoms with Gasteiger partial charge in [0, 0.05) is 33.9 Å². The van der Waals surface area contributed by atoms with Gasteiger partial charge in [0.15, 0.2) is 0 Å². The lowest BCUT2D eigenvalue weighted by Gasteiger charge is -2.11. The largest absolute Gasteiger partial charge is 0.359 e. The molecule has 0 atom stereocenters. The smallest absolute Gasteiger partial charge is 0.116 e. The first-order valence-corrected chi connectivity index (χ1v) is 12.3. The van der Waals surface area contributed by atoms with E-state index in [4.69, 9.17) is 4.98 Å². The third-order valence-electron chi connectivity index (χ3n) is 6.84. The number of rotatable bonds is 8. The molecule has 3 N–H and O–H groups in total. The lowest BCUT2D eigenvalue weighted by Crippen LogP contribution is -2.11. The van der Waals surface area contributed by atoms with Gasteiger partial charge in [0.25, 0.3) is 0 Å². The lowest BCUT2D eigenvalue weighted by atomic mass is 10.0. The summed E-state index contributed by atoms with van der Waals surface area (Å²) < 4.78 is 0. The Hall–Kier alpha value is -4.45. The molecule has 6 heteroatoms. The number of fused-ring (bicyclic) bond motifs is 2. The average molecular weight is 473 g/mol. The number of aromatic amines is 2. The van der Waals surface area contributed by atoms with E-state index in [1.807, 2.05) is 31.6 Å². The highest BCUT2D eigenvalue weighted by molar-refractivity contribution is 6.00. The van der Waals surface area contributed by atoms with Crippen LogP contribution in [0.3, 0.4) is 0 Å². The number of hydrogen-bond donors (Lipinski definition) is 3. The summed E-state index contributed by atoms with van der Waals surface area (Å²) in [5, 5.41) is 13.3. The molecule has 4 heterocycles. The van der Waals surface area contributed by atoms with Crippen molar-refractivity contribution in [3.63, 3.8) is 0 Å². The second kappa shape index (κ2) is 8.96. The van der Waals surface area contributed by atoms with E-state index in [9.17, 15) is 0 Å². The Balaban J connectivity index is 1.38. The molecular formula is C30H28N6. The average Bonchev–Trinajstić information content (AvgIpc) is 3.28. The van der Waals surface area contributed by atoms with Crippen molar-refractivity contribution in [3.8, 4) is 11.4 Å². The molecule has 4 aromatic heterocycles. The van der Waals surface area contributed by atoms with Gasteiger partial charge < -0.3 is 10.3 Å². The number of hydrogen-bond acceptors (Lipinski definition) is 4. The van der Waals surface area contributed by atoms with E-state index in [0.29, 0.717) is 5.92 Å². The van der Waals surface area contributed by atoms with Crippen LogP contribution in [0.2, 0.25) is 0 Å². The fraction of sp³-hybridized carbons (Fsp3) is 0.167. The van der Waals surface area contributed by atoms with E-state index in [1.54, 1.807) is 0 Å². The van der Waals surface area contributed by atoms with E-state index in [2.05, 4.69) is 81.2 Å². The van der Waals surface area contributed by atoms with E-state index in [1.165, 1.54) is 18.4 Å². The normalized spacial score (nSPS) is 16.1. The Bertz CT molecular complexity index is 1630.